The zero-order chi connectivity index (χ0) is 25.1. The van der Waals surface area contributed by atoms with Gasteiger partial charge in [0.15, 0.2) is 5.78 Å². The number of rotatable bonds is 6. The van der Waals surface area contributed by atoms with Crippen LogP contribution in [-0.4, -0.2) is 82.2 Å². The zero-order valence-corrected chi connectivity index (χ0v) is 19.9. The van der Waals surface area contributed by atoms with Gasteiger partial charge in [-0.3, -0.25) is 14.5 Å². The molecule has 1 unspecified atom stereocenters. The number of carbonyl (C=O) groups is 2. The topological polar surface area (TPSA) is 101 Å². The Bertz CT molecular complexity index is 1080. The number of aliphatic hydroxyl groups is 2. The minimum Gasteiger partial charge on any atom is -0.508 e. The molecule has 2 saturated heterocycles. The SMILES string of the molecule is Cc1c(F)cccc1[C@H]1[C@@H](C(=O)c2cccc(O)c2)CN(CCO)C[C@@H]1C(=O)N1CCCC(O)C1. The van der Waals surface area contributed by atoms with Crippen LogP contribution in [0.5, 0.6) is 5.75 Å². The lowest BCUT2D eigenvalue weighted by Crippen LogP contribution is -2.55. The maximum Gasteiger partial charge on any atom is 0.227 e. The van der Waals surface area contributed by atoms with Gasteiger partial charge in [0.1, 0.15) is 11.6 Å². The summed E-state index contributed by atoms with van der Waals surface area (Å²) in [5, 5.41) is 29.8. The number of aromatic hydroxyl groups is 1. The number of likely N-dealkylation sites (tertiary alicyclic amines) is 2. The van der Waals surface area contributed by atoms with E-state index in [0.717, 1.165) is 0 Å². The van der Waals surface area contributed by atoms with Gasteiger partial charge in [-0.2, -0.15) is 0 Å². The van der Waals surface area contributed by atoms with E-state index in [1.54, 1.807) is 36.1 Å². The number of ketones is 1. The lowest BCUT2D eigenvalue weighted by molar-refractivity contribution is -0.142. The van der Waals surface area contributed by atoms with Crippen molar-refractivity contribution in [2.75, 3.05) is 39.3 Å². The van der Waals surface area contributed by atoms with E-state index in [2.05, 4.69) is 0 Å². The van der Waals surface area contributed by atoms with Crippen molar-refractivity contribution in [3.63, 3.8) is 0 Å². The second kappa shape index (κ2) is 10.8. The fourth-order valence-corrected chi connectivity index (χ4v) is 5.62. The zero-order valence-electron chi connectivity index (χ0n) is 19.9. The third-order valence-electron chi connectivity index (χ3n) is 7.35. The third-order valence-corrected chi connectivity index (χ3v) is 7.35. The number of phenols is 1. The molecule has 2 aliphatic rings. The van der Waals surface area contributed by atoms with Gasteiger partial charge in [-0.15, -0.1) is 0 Å². The van der Waals surface area contributed by atoms with Crippen LogP contribution in [0.2, 0.25) is 0 Å². The first-order valence-electron chi connectivity index (χ1n) is 12.2. The van der Waals surface area contributed by atoms with E-state index in [1.807, 2.05) is 4.90 Å². The molecule has 3 N–H and O–H groups in total. The Balaban J connectivity index is 1.80. The number of nitrogens with zero attached hydrogens (tertiary/aromatic N) is 2. The van der Waals surface area contributed by atoms with Gasteiger partial charge in [0, 0.05) is 50.1 Å². The summed E-state index contributed by atoms with van der Waals surface area (Å²) in [4.78, 5) is 31.2. The summed E-state index contributed by atoms with van der Waals surface area (Å²) in [6.07, 6.45) is 0.731. The first kappa shape index (κ1) is 25.3. The lowest BCUT2D eigenvalue weighted by Gasteiger charge is -2.45. The number of Topliss-reactive ketones (excluding diaryl/α,β-unsaturated/α-hetero) is 1. The fourth-order valence-electron chi connectivity index (χ4n) is 5.62. The summed E-state index contributed by atoms with van der Waals surface area (Å²) in [5.41, 5.74) is 1.33. The van der Waals surface area contributed by atoms with E-state index in [9.17, 15) is 29.3 Å². The van der Waals surface area contributed by atoms with Crippen molar-refractivity contribution < 1.29 is 29.3 Å². The summed E-state index contributed by atoms with van der Waals surface area (Å²) < 4.78 is 14.7. The van der Waals surface area contributed by atoms with Gasteiger partial charge < -0.3 is 20.2 Å². The number of benzene rings is 2. The number of hydrogen-bond acceptors (Lipinski definition) is 6. The molecule has 0 radical (unpaired) electrons. The van der Waals surface area contributed by atoms with Crippen LogP contribution in [0.4, 0.5) is 4.39 Å². The molecule has 4 rings (SSSR count). The number of aliphatic hydroxyl groups excluding tert-OH is 2. The van der Waals surface area contributed by atoms with Crippen molar-refractivity contribution in [3.05, 3.63) is 65.0 Å². The van der Waals surface area contributed by atoms with E-state index >= 15 is 0 Å². The quantitative estimate of drug-likeness (QED) is 0.544. The van der Waals surface area contributed by atoms with Gasteiger partial charge in [-0.1, -0.05) is 24.3 Å². The Kier molecular flexibility index (Phi) is 7.84. The summed E-state index contributed by atoms with van der Waals surface area (Å²) in [5.74, 6) is -2.80. The molecular formula is C27H33FN2O5. The Labute approximate surface area is 204 Å². The number of β-amino-alcohol motifs (C(OH)–C–C–N with tert-alkyl or cyclic N) is 2. The van der Waals surface area contributed by atoms with Gasteiger partial charge in [-0.25, -0.2) is 4.39 Å². The van der Waals surface area contributed by atoms with E-state index in [0.29, 0.717) is 55.7 Å². The van der Waals surface area contributed by atoms with E-state index in [1.165, 1.54) is 18.2 Å². The minimum atomic E-state index is -0.693. The van der Waals surface area contributed by atoms with Gasteiger partial charge in [0.2, 0.25) is 5.91 Å². The molecule has 1 amide bonds. The standard InChI is InChI=1S/C27H33FN2O5/c1-17-21(8-3-9-24(17)28)25-22(26(34)18-5-2-6-19(32)13-18)15-29(11-12-31)16-23(25)27(35)30-10-4-7-20(33)14-30/h2-3,5-6,8-9,13,20,22-23,25,31-33H,4,7,10-12,14-16H2,1H3/t20?,22-,23-,25-/m0/s1. The molecule has 8 heteroatoms. The van der Waals surface area contributed by atoms with Crippen LogP contribution < -0.4 is 0 Å². The molecule has 0 bridgehead atoms. The largest absolute Gasteiger partial charge is 0.508 e. The van der Waals surface area contributed by atoms with Gasteiger partial charge in [0.25, 0.3) is 0 Å². The number of piperidine rings is 2. The number of halogens is 1. The predicted octanol–water partition coefficient (Wildman–Crippen LogP) is 2.33. The number of phenolic OH excluding ortho intramolecular Hbond substituents is 1. The Morgan fingerprint density at radius 2 is 1.83 bits per heavy atom. The average Bonchev–Trinajstić information content (AvgIpc) is 2.85. The summed E-state index contributed by atoms with van der Waals surface area (Å²) in [6.45, 7) is 3.19. The van der Waals surface area contributed by atoms with Crippen LogP contribution >= 0.6 is 0 Å². The van der Waals surface area contributed by atoms with Crippen LogP contribution in [-0.2, 0) is 4.79 Å². The highest BCUT2D eigenvalue weighted by atomic mass is 19.1. The van der Waals surface area contributed by atoms with Crippen molar-refractivity contribution >= 4 is 11.7 Å². The Hall–Kier alpha value is -2.81. The first-order chi connectivity index (χ1) is 16.8. The van der Waals surface area contributed by atoms with Crippen molar-refractivity contribution in [2.24, 2.45) is 11.8 Å². The van der Waals surface area contributed by atoms with Gasteiger partial charge >= 0.3 is 0 Å². The smallest absolute Gasteiger partial charge is 0.227 e. The van der Waals surface area contributed by atoms with Crippen molar-refractivity contribution in [2.45, 2.75) is 31.8 Å². The van der Waals surface area contributed by atoms with Crippen molar-refractivity contribution in [1.29, 1.82) is 0 Å². The molecule has 0 aliphatic carbocycles. The molecule has 2 heterocycles. The number of carbonyl (C=O) groups excluding carboxylic acids is 2. The molecule has 2 aliphatic heterocycles. The molecule has 0 spiro atoms. The highest BCUT2D eigenvalue weighted by Crippen LogP contribution is 2.42. The molecule has 2 aromatic rings. The highest BCUT2D eigenvalue weighted by molar-refractivity contribution is 5.99. The number of hydrogen-bond donors (Lipinski definition) is 3. The molecule has 7 nitrogen and oxygen atoms in total. The molecule has 4 atom stereocenters. The monoisotopic (exact) mass is 484 g/mol. The average molecular weight is 485 g/mol. The molecular weight excluding hydrogens is 451 g/mol. The van der Waals surface area contributed by atoms with E-state index in [-0.39, 0.29) is 30.6 Å². The molecule has 2 aromatic carbocycles. The summed E-state index contributed by atoms with van der Waals surface area (Å²) >= 11 is 0. The third kappa shape index (κ3) is 5.39. The normalized spacial score (nSPS) is 25.4. The van der Waals surface area contributed by atoms with Crippen LogP contribution in [0.1, 0.15) is 40.2 Å². The second-order valence-corrected chi connectivity index (χ2v) is 9.67. The predicted molar refractivity (Wildman–Crippen MR) is 129 cm³/mol. The van der Waals surface area contributed by atoms with E-state index < -0.39 is 29.7 Å². The van der Waals surface area contributed by atoms with Crippen LogP contribution in [0, 0.1) is 24.6 Å². The van der Waals surface area contributed by atoms with Crippen molar-refractivity contribution in [1.82, 2.24) is 9.80 Å². The minimum absolute atomic E-state index is 0.0349. The maximum absolute atomic E-state index is 14.7. The van der Waals surface area contributed by atoms with E-state index in [4.69, 9.17) is 0 Å². The van der Waals surface area contributed by atoms with Gasteiger partial charge in [-0.05, 0) is 49.1 Å². The van der Waals surface area contributed by atoms with Crippen LogP contribution in [0.15, 0.2) is 42.5 Å². The van der Waals surface area contributed by atoms with Crippen LogP contribution in [0.3, 0.4) is 0 Å². The second-order valence-electron chi connectivity index (χ2n) is 9.67. The Morgan fingerprint density at radius 3 is 2.54 bits per heavy atom. The summed E-state index contributed by atoms with van der Waals surface area (Å²) in [6, 6.07) is 10.8. The van der Waals surface area contributed by atoms with Crippen molar-refractivity contribution in [3.8, 4) is 5.75 Å². The van der Waals surface area contributed by atoms with Gasteiger partial charge in [0.05, 0.1) is 18.6 Å². The highest BCUT2D eigenvalue weighted by Gasteiger charge is 2.46. The Morgan fingerprint density at radius 1 is 1.09 bits per heavy atom. The maximum atomic E-state index is 14.7. The molecule has 0 saturated carbocycles. The number of amides is 1. The molecule has 0 aromatic heterocycles. The molecule has 188 valence electrons. The fraction of sp³-hybridized carbons (Fsp3) is 0.481. The first-order valence-corrected chi connectivity index (χ1v) is 12.2. The van der Waals surface area contributed by atoms with Crippen LogP contribution in [0.25, 0.3) is 0 Å². The lowest BCUT2D eigenvalue weighted by atomic mass is 9.69. The molecule has 2 fully saturated rings. The molecule has 35 heavy (non-hydrogen) atoms. The summed E-state index contributed by atoms with van der Waals surface area (Å²) in [7, 11) is 0.